The number of rotatable bonds is 4. The molecular formula is C22H23NO2. The third kappa shape index (κ3) is 3.60. The van der Waals surface area contributed by atoms with Crippen molar-refractivity contribution in [1.82, 2.24) is 4.57 Å². The monoisotopic (exact) mass is 333 g/mol. The van der Waals surface area contributed by atoms with Gasteiger partial charge in [0.05, 0.1) is 5.52 Å². The van der Waals surface area contributed by atoms with Crippen LogP contribution in [-0.2, 0) is 4.79 Å². The van der Waals surface area contributed by atoms with E-state index >= 15 is 0 Å². The number of benzene rings is 2. The zero-order valence-electron chi connectivity index (χ0n) is 14.4. The molecule has 3 heteroatoms. The molecule has 3 nitrogen and oxygen atoms in total. The first-order valence-electron chi connectivity index (χ1n) is 9.17. The number of aromatic nitrogens is 1. The third-order valence-corrected chi connectivity index (χ3v) is 5.11. The highest BCUT2D eigenvalue weighted by Crippen LogP contribution is 2.28. The summed E-state index contributed by atoms with van der Waals surface area (Å²) < 4.78 is 7.75. The Labute approximate surface area is 148 Å². The summed E-state index contributed by atoms with van der Waals surface area (Å²) in [4.78, 5) is 12.3. The first-order chi connectivity index (χ1) is 12.3. The van der Waals surface area contributed by atoms with Gasteiger partial charge in [-0.2, -0.15) is 0 Å². The number of nitrogens with zero attached hydrogens (tertiary/aromatic N) is 1. The Bertz CT molecular complexity index is 860. The summed E-state index contributed by atoms with van der Waals surface area (Å²) in [5.41, 5.74) is 2.15. The second-order valence-electron chi connectivity index (χ2n) is 6.92. The van der Waals surface area contributed by atoms with Crippen LogP contribution in [0.4, 0.5) is 0 Å². The van der Waals surface area contributed by atoms with E-state index in [2.05, 4.69) is 22.8 Å². The standard InChI is InChI=1S/C22H23NO2/c24-22(15-17-7-3-1-4-8-17)25-20-12-11-18-13-14-23(21(18)16-20)19-9-5-2-6-10-19/h2,5-6,9-14,16-17H,1,3-4,7-8,15H2. The zero-order valence-corrected chi connectivity index (χ0v) is 14.4. The Morgan fingerprint density at radius 2 is 1.80 bits per heavy atom. The van der Waals surface area contributed by atoms with Crippen molar-refractivity contribution in [2.45, 2.75) is 38.5 Å². The van der Waals surface area contributed by atoms with Gasteiger partial charge < -0.3 is 9.30 Å². The summed E-state index contributed by atoms with van der Waals surface area (Å²) in [5.74, 6) is 1.02. The van der Waals surface area contributed by atoms with Crippen LogP contribution in [0.2, 0.25) is 0 Å². The van der Waals surface area contributed by atoms with Crippen LogP contribution in [0.5, 0.6) is 5.75 Å². The fourth-order valence-corrected chi connectivity index (χ4v) is 3.79. The number of fused-ring (bicyclic) bond motifs is 1. The molecule has 0 amide bonds. The fourth-order valence-electron chi connectivity index (χ4n) is 3.79. The molecule has 25 heavy (non-hydrogen) atoms. The van der Waals surface area contributed by atoms with Crippen molar-refractivity contribution in [3.8, 4) is 11.4 Å². The lowest BCUT2D eigenvalue weighted by Gasteiger charge is -2.20. The molecule has 1 fully saturated rings. The van der Waals surface area contributed by atoms with Crippen molar-refractivity contribution in [1.29, 1.82) is 0 Å². The molecule has 0 atom stereocenters. The molecule has 0 aliphatic heterocycles. The number of esters is 1. The average molecular weight is 333 g/mol. The second-order valence-corrected chi connectivity index (χ2v) is 6.92. The third-order valence-electron chi connectivity index (χ3n) is 5.11. The van der Waals surface area contributed by atoms with E-state index in [-0.39, 0.29) is 5.97 Å². The SMILES string of the molecule is O=C(CC1CCCCC1)Oc1ccc2ccn(-c3ccccc3)c2c1. The maximum absolute atomic E-state index is 12.3. The topological polar surface area (TPSA) is 31.2 Å². The first-order valence-corrected chi connectivity index (χ1v) is 9.17. The lowest BCUT2D eigenvalue weighted by molar-refractivity contribution is -0.135. The summed E-state index contributed by atoms with van der Waals surface area (Å²) in [5, 5.41) is 1.14. The van der Waals surface area contributed by atoms with E-state index in [0.717, 1.165) is 29.4 Å². The van der Waals surface area contributed by atoms with Crippen LogP contribution in [0.15, 0.2) is 60.8 Å². The van der Waals surface area contributed by atoms with Crippen LogP contribution >= 0.6 is 0 Å². The maximum atomic E-state index is 12.3. The molecule has 0 radical (unpaired) electrons. The van der Waals surface area contributed by atoms with E-state index in [4.69, 9.17) is 4.74 Å². The maximum Gasteiger partial charge on any atom is 0.311 e. The number of hydrogen-bond acceptors (Lipinski definition) is 2. The first kappa shape index (κ1) is 15.9. The average Bonchev–Trinajstić information content (AvgIpc) is 3.06. The highest BCUT2D eigenvalue weighted by Gasteiger charge is 2.18. The van der Waals surface area contributed by atoms with Crippen molar-refractivity contribution >= 4 is 16.9 Å². The molecule has 1 heterocycles. The molecule has 1 aliphatic carbocycles. The van der Waals surface area contributed by atoms with Crippen molar-refractivity contribution in [3.63, 3.8) is 0 Å². The number of hydrogen-bond donors (Lipinski definition) is 0. The highest BCUT2D eigenvalue weighted by molar-refractivity contribution is 5.84. The minimum atomic E-state index is -0.107. The minimum absolute atomic E-state index is 0.107. The zero-order chi connectivity index (χ0) is 17.1. The van der Waals surface area contributed by atoms with E-state index in [1.165, 1.54) is 19.3 Å². The molecule has 2 aromatic carbocycles. The van der Waals surface area contributed by atoms with Gasteiger partial charge in [0.25, 0.3) is 0 Å². The van der Waals surface area contributed by atoms with Gasteiger partial charge in [-0.05, 0) is 49.1 Å². The molecule has 1 aliphatic rings. The van der Waals surface area contributed by atoms with Gasteiger partial charge in [-0.25, -0.2) is 0 Å². The van der Waals surface area contributed by atoms with E-state index in [9.17, 15) is 4.79 Å². The van der Waals surface area contributed by atoms with Crippen molar-refractivity contribution in [3.05, 3.63) is 60.8 Å². The van der Waals surface area contributed by atoms with E-state index in [0.29, 0.717) is 18.1 Å². The van der Waals surface area contributed by atoms with E-state index in [1.807, 2.05) is 42.6 Å². The van der Waals surface area contributed by atoms with Crippen molar-refractivity contribution in [2.24, 2.45) is 5.92 Å². The van der Waals surface area contributed by atoms with Gasteiger partial charge >= 0.3 is 5.97 Å². The predicted molar refractivity (Wildman–Crippen MR) is 100 cm³/mol. The van der Waals surface area contributed by atoms with E-state index < -0.39 is 0 Å². The van der Waals surface area contributed by atoms with Gasteiger partial charge in [0, 0.05) is 29.8 Å². The Hall–Kier alpha value is -2.55. The van der Waals surface area contributed by atoms with Crippen LogP contribution in [0.25, 0.3) is 16.6 Å². The van der Waals surface area contributed by atoms with E-state index in [1.54, 1.807) is 0 Å². The second kappa shape index (κ2) is 7.14. The molecule has 0 unspecified atom stereocenters. The number of carbonyl (C=O) groups excluding carboxylic acids is 1. The predicted octanol–water partition coefficient (Wildman–Crippen LogP) is 5.51. The number of ether oxygens (including phenoxy) is 1. The van der Waals surface area contributed by atoms with Crippen LogP contribution in [0.3, 0.4) is 0 Å². The Balaban J connectivity index is 1.53. The van der Waals surface area contributed by atoms with Crippen LogP contribution < -0.4 is 4.74 Å². The lowest BCUT2D eigenvalue weighted by atomic mass is 9.87. The van der Waals surface area contributed by atoms with Gasteiger partial charge in [0.2, 0.25) is 0 Å². The number of para-hydroxylation sites is 1. The van der Waals surface area contributed by atoms with Crippen LogP contribution in [0, 0.1) is 5.92 Å². The molecule has 3 aromatic rings. The summed E-state index contributed by atoms with van der Waals surface area (Å²) in [6.07, 6.45) is 8.70. The molecule has 1 saturated carbocycles. The normalized spacial score (nSPS) is 15.4. The van der Waals surface area contributed by atoms with Crippen molar-refractivity contribution < 1.29 is 9.53 Å². The molecule has 0 N–H and O–H groups in total. The minimum Gasteiger partial charge on any atom is -0.426 e. The van der Waals surface area contributed by atoms with Crippen molar-refractivity contribution in [2.75, 3.05) is 0 Å². The van der Waals surface area contributed by atoms with Crippen LogP contribution in [-0.4, -0.2) is 10.5 Å². The van der Waals surface area contributed by atoms with Gasteiger partial charge in [0.15, 0.2) is 0 Å². The van der Waals surface area contributed by atoms with Gasteiger partial charge in [-0.1, -0.05) is 37.5 Å². The Morgan fingerprint density at radius 1 is 1.00 bits per heavy atom. The largest absolute Gasteiger partial charge is 0.426 e. The molecular weight excluding hydrogens is 310 g/mol. The lowest BCUT2D eigenvalue weighted by Crippen LogP contribution is -2.16. The molecule has 0 saturated heterocycles. The van der Waals surface area contributed by atoms with Gasteiger partial charge in [0.1, 0.15) is 5.75 Å². The fraction of sp³-hybridized carbons (Fsp3) is 0.318. The summed E-state index contributed by atoms with van der Waals surface area (Å²) in [6.45, 7) is 0. The Morgan fingerprint density at radius 3 is 2.60 bits per heavy atom. The molecule has 1 aromatic heterocycles. The molecule has 0 bridgehead atoms. The summed E-state index contributed by atoms with van der Waals surface area (Å²) >= 11 is 0. The van der Waals surface area contributed by atoms with Crippen LogP contribution in [0.1, 0.15) is 38.5 Å². The summed E-state index contributed by atoms with van der Waals surface area (Å²) in [6, 6.07) is 18.1. The quantitative estimate of drug-likeness (QED) is 0.466. The number of carbonyl (C=O) groups is 1. The Kier molecular flexibility index (Phi) is 4.55. The van der Waals surface area contributed by atoms with Gasteiger partial charge in [-0.15, -0.1) is 0 Å². The molecule has 128 valence electrons. The highest BCUT2D eigenvalue weighted by atomic mass is 16.5. The molecule has 0 spiro atoms. The molecule has 4 rings (SSSR count). The smallest absolute Gasteiger partial charge is 0.311 e. The van der Waals surface area contributed by atoms with Gasteiger partial charge in [-0.3, -0.25) is 4.79 Å². The summed E-state index contributed by atoms with van der Waals surface area (Å²) in [7, 11) is 0.